The number of nitrogens with zero attached hydrogens (tertiary/aromatic N) is 4. The fraction of sp³-hybridized carbons (Fsp3) is 0.588. The Morgan fingerprint density at radius 3 is 3.00 bits per heavy atom. The van der Waals surface area contributed by atoms with E-state index < -0.39 is 0 Å². The van der Waals surface area contributed by atoms with Gasteiger partial charge >= 0.3 is 0 Å². The molecule has 2 heterocycles. The van der Waals surface area contributed by atoms with Crippen LogP contribution in [0.1, 0.15) is 38.6 Å². The zero-order chi connectivity index (χ0) is 15.8. The van der Waals surface area contributed by atoms with E-state index in [2.05, 4.69) is 45.3 Å². The van der Waals surface area contributed by atoms with Gasteiger partial charge in [0, 0.05) is 6.04 Å². The lowest BCUT2D eigenvalue weighted by atomic mass is 9.84. The third-order valence-corrected chi connectivity index (χ3v) is 7.17. The summed E-state index contributed by atoms with van der Waals surface area (Å²) in [6.45, 7) is 2.32. The van der Waals surface area contributed by atoms with Gasteiger partial charge in [0.15, 0.2) is 11.0 Å². The van der Waals surface area contributed by atoms with E-state index >= 15 is 0 Å². The molecule has 4 unspecified atom stereocenters. The summed E-state index contributed by atoms with van der Waals surface area (Å²) in [5.41, 5.74) is 0. The quantitative estimate of drug-likeness (QED) is 0.743. The summed E-state index contributed by atoms with van der Waals surface area (Å²) in [6, 6.07) is 6.78. The van der Waals surface area contributed by atoms with Crippen LogP contribution in [0.3, 0.4) is 0 Å². The Morgan fingerprint density at radius 2 is 2.35 bits per heavy atom. The number of thioether (sulfide) groups is 1. The molecule has 2 bridgehead atoms. The van der Waals surface area contributed by atoms with Crippen LogP contribution in [0.2, 0.25) is 0 Å². The fourth-order valence-corrected chi connectivity index (χ4v) is 5.88. The molecule has 0 aliphatic heterocycles. The van der Waals surface area contributed by atoms with Gasteiger partial charge in [0.2, 0.25) is 0 Å². The van der Waals surface area contributed by atoms with Gasteiger partial charge in [0.25, 0.3) is 0 Å². The van der Waals surface area contributed by atoms with Crippen LogP contribution in [0.4, 0.5) is 0 Å². The zero-order valence-corrected chi connectivity index (χ0v) is 14.8. The second kappa shape index (κ2) is 6.29. The Bertz CT molecular complexity index is 716. The predicted octanol–water partition coefficient (Wildman–Crippen LogP) is 4.62. The third kappa shape index (κ3) is 2.70. The molecular formula is C17H20N4S2. The second-order valence-corrected chi connectivity index (χ2v) is 8.57. The molecule has 23 heavy (non-hydrogen) atoms. The predicted molar refractivity (Wildman–Crippen MR) is 93.3 cm³/mol. The zero-order valence-electron chi connectivity index (χ0n) is 13.2. The third-order valence-electron chi connectivity index (χ3n) is 5.49. The van der Waals surface area contributed by atoms with E-state index in [-0.39, 0.29) is 0 Å². The highest BCUT2D eigenvalue weighted by atomic mass is 32.2. The standard InChI is InChI=1S/C17H20N4S2/c1-11(14-10-12-4-5-13(14)9-12)21-16(15-3-2-7-22-15)19-20-17(21)23-8-6-18/h2-3,7,11-14H,4-5,8-10H2,1H3. The van der Waals surface area contributed by atoms with Gasteiger partial charge in [0.1, 0.15) is 0 Å². The molecule has 4 atom stereocenters. The molecule has 4 rings (SSSR count). The Kier molecular flexibility index (Phi) is 4.16. The molecule has 2 aromatic rings. The molecule has 2 fully saturated rings. The average Bonchev–Trinajstić information content (AvgIpc) is 3.35. The minimum Gasteiger partial charge on any atom is -0.298 e. The summed E-state index contributed by atoms with van der Waals surface area (Å²) in [7, 11) is 0. The van der Waals surface area contributed by atoms with Gasteiger partial charge in [-0.3, -0.25) is 4.57 Å². The molecule has 4 nitrogen and oxygen atoms in total. The molecule has 0 amide bonds. The summed E-state index contributed by atoms with van der Waals surface area (Å²) >= 11 is 3.21. The first-order valence-electron chi connectivity index (χ1n) is 8.26. The van der Waals surface area contributed by atoms with Crippen molar-refractivity contribution in [1.82, 2.24) is 14.8 Å². The topological polar surface area (TPSA) is 54.5 Å². The van der Waals surface area contributed by atoms with Crippen molar-refractivity contribution in [2.45, 2.75) is 43.8 Å². The first-order valence-corrected chi connectivity index (χ1v) is 10.1. The van der Waals surface area contributed by atoms with Crippen LogP contribution in [-0.2, 0) is 0 Å². The highest BCUT2D eigenvalue weighted by Crippen LogP contribution is 2.53. The Morgan fingerprint density at radius 1 is 1.43 bits per heavy atom. The highest BCUT2D eigenvalue weighted by Gasteiger charge is 2.43. The van der Waals surface area contributed by atoms with Crippen LogP contribution in [0.15, 0.2) is 22.7 Å². The van der Waals surface area contributed by atoms with E-state index in [1.807, 2.05) is 0 Å². The molecule has 2 aliphatic rings. The Balaban J connectivity index is 1.69. The van der Waals surface area contributed by atoms with Crippen LogP contribution in [0.5, 0.6) is 0 Å². The lowest BCUT2D eigenvalue weighted by Crippen LogP contribution is -2.23. The van der Waals surface area contributed by atoms with Crippen LogP contribution >= 0.6 is 23.1 Å². The monoisotopic (exact) mass is 344 g/mol. The second-order valence-electron chi connectivity index (χ2n) is 6.68. The van der Waals surface area contributed by atoms with Crippen LogP contribution in [0, 0.1) is 29.1 Å². The number of hydrogen-bond acceptors (Lipinski definition) is 5. The van der Waals surface area contributed by atoms with E-state index in [4.69, 9.17) is 5.26 Å². The minimum absolute atomic E-state index is 0.401. The van der Waals surface area contributed by atoms with Crippen molar-refractivity contribution in [3.8, 4) is 16.8 Å². The molecule has 6 heteroatoms. The smallest absolute Gasteiger partial charge is 0.192 e. The van der Waals surface area contributed by atoms with Gasteiger partial charge in [-0.15, -0.1) is 21.5 Å². The summed E-state index contributed by atoms with van der Waals surface area (Å²) < 4.78 is 2.30. The Labute approximate surface area is 144 Å². The van der Waals surface area contributed by atoms with Crippen molar-refractivity contribution in [2.24, 2.45) is 17.8 Å². The molecule has 0 saturated heterocycles. The van der Waals surface area contributed by atoms with Gasteiger partial charge in [0.05, 0.1) is 16.7 Å². The Hall–Kier alpha value is -1.32. The first kappa shape index (κ1) is 15.2. The molecule has 2 aromatic heterocycles. The summed E-state index contributed by atoms with van der Waals surface area (Å²) in [5.74, 6) is 3.92. The van der Waals surface area contributed by atoms with Crippen molar-refractivity contribution in [1.29, 1.82) is 5.26 Å². The van der Waals surface area contributed by atoms with Crippen molar-refractivity contribution in [3.05, 3.63) is 17.5 Å². The molecular weight excluding hydrogens is 324 g/mol. The molecule has 0 aromatic carbocycles. The van der Waals surface area contributed by atoms with E-state index in [1.54, 1.807) is 11.3 Å². The molecule has 0 radical (unpaired) electrons. The average molecular weight is 345 g/mol. The summed E-state index contributed by atoms with van der Waals surface area (Å²) in [5, 5.41) is 20.7. The lowest BCUT2D eigenvalue weighted by molar-refractivity contribution is 0.235. The molecule has 0 spiro atoms. The maximum absolute atomic E-state index is 8.92. The normalized spacial score (nSPS) is 27.2. The number of nitriles is 1. The van der Waals surface area contributed by atoms with Crippen molar-refractivity contribution in [3.63, 3.8) is 0 Å². The summed E-state index contributed by atoms with van der Waals surface area (Å²) in [4.78, 5) is 1.16. The number of thiophene rings is 1. The lowest BCUT2D eigenvalue weighted by Gasteiger charge is -2.30. The highest BCUT2D eigenvalue weighted by molar-refractivity contribution is 7.99. The largest absolute Gasteiger partial charge is 0.298 e. The maximum atomic E-state index is 8.92. The van der Waals surface area contributed by atoms with Crippen LogP contribution < -0.4 is 0 Å². The van der Waals surface area contributed by atoms with Gasteiger partial charge in [-0.1, -0.05) is 24.2 Å². The fourth-order valence-electron chi connectivity index (χ4n) is 4.49. The maximum Gasteiger partial charge on any atom is 0.192 e. The van der Waals surface area contributed by atoms with Gasteiger partial charge in [-0.25, -0.2) is 0 Å². The number of hydrogen-bond donors (Lipinski definition) is 0. The van der Waals surface area contributed by atoms with E-state index in [1.165, 1.54) is 37.4 Å². The van der Waals surface area contributed by atoms with Crippen molar-refractivity contribution < 1.29 is 0 Å². The number of rotatable bonds is 5. The van der Waals surface area contributed by atoms with Crippen LogP contribution in [0.25, 0.3) is 10.7 Å². The summed E-state index contributed by atoms with van der Waals surface area (Å²) in [6.07, 6.45) is 5.56. The molecule has 2 saturated carbocycles. The molecule has 2 aliphatic carbocycles. The molecule has 0 N–H and O–H groups in total. The minimum atomic E-state index is 0.401. The number of fused-ring (bicyclic) bond motifs is 2. The van der Waals surface area contributed by atoms with Crippen molar-refractivity contribution in [2.75, 3.05) is 5.75 Å². The van der Waals surface area contributed by atoms with Gasteiger partial charge in [-0.05, 0) is 55.4 Å². The SMILES string of the molecule is CC(C1CC2CCC1C2)n1c(SCC#N)nnc1-c1cccs1. The molecule has 120 valence electrons. The number of aromatic nitrogens is 3. The van der Waals surface area contributed by atoms with E-state index in [0.717, 1.165) is 33.6 Å². The van der Waals surface area contributed by atoms with Gasteiger partial charge < -0.3 is 0 Å². The van der Waals surface area contributed by atoms with E-state index in [0.29, 0.717) is 11.8 Å². The van der Waals surface area contributed by atoms with Crippen molar-refractivity contribution >= 4 is 23.1 Å². The van der Waals surface area contributed by atoms with Crippen LogP contribution in [-0.4, -0.2) is 20.5 Å². The van der Waals surface area contributed by atoms with E-state index in [9.17, 15) is 0 Å². The van der Waals surface area contributed by atoms with Gasteiger partial charge in [-0.2, -0.15) is 5.26 Å². The first-order chi connectivity index (χ1) is 11.3.